The molecule has 5 rings (SSSR count). The Bertz CT molecular complexity index is 1400. The second-order valence-corrected chi connectivity index (χ2v) is 31.1. The van der Waals surface area contributed by atoms with E-state index in [1.807, 2.05) is 27.7 Å². The molecule has 4 fully saturated rings. The molecule has 0 spiro atoms. The van der Waals surface area contributed by atoms with E-state index in [4.69, 9.17) is 0 Å². The summed E-state index contributed by atoms with van der Waals surface area (Å²) in [5.74, 6) is -1.82. The van der Waals surface area contributed by atoms with E-state index in [0.717, 1.165) is 62.2 Å². The Balaban J connectivity index is 1.36. The van der Waals surface area contributed by atoms with Gasteiger partial charge in [-0.15, -0.1) is 0 Å². The van der Waals surface area contributed by atoms with Crippen molar-refractivity contribution in [3.05, 3.63) is 24.3 Å². The monoisotopic (exact) mass is 1020 g/mol. The van der Waals surface area contributed by atoms with Crippen molar-refractivity contribution in [3.8, 4) is 0 Å². The Morgan fingerprint density at radius 2 is 1.71 bits per heavy atom. The second-order valence-electron chi connectivity index (χ2n) is 13.9. The molecule has 0 bridgehead atoms. The summed E-state index contributed by atoms with van der Waals surface area (Å²) >= 11 is -7.64. The number of nitrogens with zero attached hydrogens (tertiary/aromatic N) is 3. The molecule has 275 valence electrons. The van der Waals surface area contributed by atoms with Gasteiger partial charge in [0.2, 0.25) is 0 Å². The third-order valence-electron chi connectivity index (χ3n) is 8.99. The van der Waals surface area contributed by atoms with Crippen molar-refractivity contribution in [1.82, 2.24) is 32.6 Å². The molecule has 5 amide bonds. The Hall–Kier alpha value is -1.71. The normalized spacial score (nSPS) is 22.8. The summed E-state index contributed by atoms with van der Waals surface area (Å²) < 4.78 is 7.31. The van der Waals surface area contributed by atoms with Crippen LogP contribution in [0.25, 0.3) is 0 Å². The Labute approximate surface area is 311 Å². The van der Waals surface area contributed by atoms with Gasteiger partial charge in [0, 0.05) is 0 Å². The molecule has 13 nitrogen and oxygen atoms in total. The number of aromatic nitrogens is 2. The Morgan fingerprint density at radius 1 is 0.980 bits per heavy atom. The molecule has 1 aromatic heterocycles. The van der Waals surface area contributed by atoms with Crippen LogP contribution in [0.3, 0.4) is 0 Å². The minimum atomic E-state index is -3.08. The number of fused-ring (bicyclic) bond motifs is 1. The molecular weight excluding hydrogens is 971 g/mol. The number of alkyl halides is 5. The predicted octanol–water partition coefficient (Wildman–Crippen LogP) is 0.793. The zero-order valence-electron chi connectivity index (χ0n) is 28.7. The van der Waals surface area contributed by atoms with E-state index in [2.05, 4.69) is 27.7 Å². The molecule has 1 radical (unpaired) electrons. The summed E-state index contributed by atoms with van der Waals surface area (Å²) in [5.41, 5.74) is 0.121. The first-order valence-corrected chi connectivity index (χ1v) is 28.4. The van der Waals surface area contributed by atoms with Crippen LogP contribution in [0.15, 0.2) is 18.6 Å². The van der Waals surface area contributed by atoms with E-state index in [-0.39, 0.29) is 37.3 Å². The van der Waals surface area contributed by atoms with E-state index in [1.165, 1.54) is 18.6 Å². The molecule has 16 heteroatoms. The van der Waals surface area contributed by atoms with Crippen LogP contribution in [0.1, 0.15) is 102 Å². The maximum absolute atomic E-state index is 14.7. The molecule has 1 aromatic rings. The van der Waals surface area contributed by atoms with E-state index in [1.54, 1.807) is 4.90 Å². The molecule has 4 aliphatic rings. The molecule has 49 heavy (non-hydrogen) atoms. The first kappa shape index (κ1) is 38.5. The fourth-order valence-corrected chi connectivity index (χ4v) is 23.0. The number of nitrogens with one attached hydrogen (secondary N) is 4. The molecule has 0 unspecified atom stereocenters. The van der Waals surface area contributed by atoms with Crippen molar-refractivity contribution >= 4 is 71.5 Å². The van der Waals surface area contributed by atoms with Gasteiger partial charge in [-0.25, -0.2) is 0 Å². The van der Waals surface area contributed by atoms with Gasteiger partial charge in [0.15, 0.2) is 0 Å². The van der Waals surface area contributed by atoms with Crippen molar-refractivity contribution in [1.29, 1.82) is 0 Å². The first-order valence-electron chi connectivity index (χ1n) is 17.2. The van der Waals surface area contributed by atoms with Gasteiger partial charge < -0.3 is 0 Å². The van der Waals surface area contributed by atoms with Crippen LogP contribution in [0, 0.1) is 5.92 Å². The molecule has 2 aliphatic heterocycles. The summed E-state index contributed by atoms with van der Waals surface area (Å²) in [7, 11) is 0. The quantitative estimate of drug-likeness (QED) is 0.0560. The fourth-order valence-electron chi connectivity index (χ4n) is 6.40. The van der Waals surface area contributed by atoms with Gasteiger partial charge in [0.05, 0.1) is 0 Å². The maximum atomic E-state index is 14.7. The third kappa shape index (κ3) is 9.79. The summed E-state index contributed by atoms with van der Waals surface area (Å²) in [5, 5.41) is 5.71. The Morgan fingerprint density at radius 3 is 2.35 bits per heavy atom. The van der Waals surface area contributed by atoms with E-state index >= 15 is 0 Å². The SMILES string of the molecule is CCCI(NC(=O)[C@@H]1[C@@H]2CCC[I-]2CN1C(=O)I(NC(=O)[C@H](NC(=O)c1cnccn1)C1CCCCC1)C(C)(C)C)C(=O)C(=O)NC1CC1. The molecule has 2 saturated heterocycles. The van der Waals surface area contributed by atoms with Crippen LogP contribution < -0.4 is 37.5 Å². The topological polar surface area (TPSA) is 180 Å². The summed E-state index contributed by atoms with van der Waals surface area (Å²) in [6, 6.07) is -1.46. The zero-order valence-corrected chi connectivity index (χ0v) is 35.2. The fraction of sp³-hybridized carbons (Fsp3) is 0.697. The van der Waals surface area contributed by atoms with Gasteiger partial charge in [-0.3, -0.25) is 0 Å². The zero-order chi connectivity index (χ0) is 35.3. The van der Waals surface area contributed by atoms with Gasteiger partial charge in [-0.1, -0.05) is 0 Å². The number of halogens is 3. The van der Waals surface area contributed by atoms with Crippen LogP contribution in [0.4, 0.5) is 4.79 Å². The van der Waals surface area contributed by atoms with Gasteiger partial charge in [-0.05, 0) is 0 Å². The molecule has 3 heterocycles. The number of hydrogen-bond acceptors (Lipinski definition) is 8. The molecule has 3 atom stereocenters. The number of carbonyl (C=O) groups is 6. The number of carbonyl (C=O) groups excluding carboxylic acids is 6. The van der Waals surface area contributed by atoms with Crippen molar-refractivity contribution < 1.29 is 48.6 Å². The Kier molecular flexibility index (Phi) is 13.5. The van der Waals surface area contributed by atoms with E-state index < -0.39 is 91.1 Å². The summed E-state index contributed by atoms with van der Waals surface area (Å²) in [6.45, 7) is 7.80. The van der Waals surface area contributed by atoms with Crippen molar-refractivity contribution in [2.75, 3.05) is 13.4 Å². The average Bonchev–Trinajstić information content (AvgIpc) is 3.65. The third-order valence-corrected chi connectivity index (χ3v) is 27.2. The van der Waals surface area contributed by atoms with Gasteiger partial charge >= 0.3 is 314 Å². The number of amides is 5. The second kappa shape index (κ2) is 17.2. The van der Waals surface area contributed by atoms with Crippen LogP contribution in [0.5, 0.6) is 0 Å². The van der Waals surface area contributed by atoms with Crippen LogP contribution >= 0.6 is 40.2 Å². The average molecular weight is 1020 g/mol. The molecular formula is C33H50I3N7O6-. The van der Waals surface area contributed by atoms with Crippen molar-refractivity contribution in [2.45, 2.75) is 117 Å². The minimum absolute atomic E-state index is 0.0497. The van der Waals surface area contributed by atoms with E-state index in [9.17, 15) is 28.8 Å². The molecule has 2 saturated carbocycles. The standard InChI is InChI=1S/C33H50I3N7O6/c1-5-15-35(27(44)31(48)39-22-13-14-22)41-30(47)26-23-12-9-16-34(23)20-43(26)32(49)36(33(2,3)4)42-29(46)25(21-10-7-6-8-11-21)40-28(45)24-19-37-17-18-38-24/h17-19,21-23,25-26H,5-16,20H2,1-4H3,(H,39,48)(H,40,45)(H,41,47)(H,42,46)/q-1/t23-,25+,26-/m0/s1. The van der Waals surface area contributed by atoms with Crippen molar-refractivity contribution in [3.63, 3.8) is 0 Å². The molecule has 4 N–H and O–H groups in total. The van der Waals surface area contributed by atoms with E-state index in [0.29, 0.717) is 15.4 Å². The summed E-state index contributed by atoms with van der Waals surface area (Å²) in [4.78, 5) is 92.0. The predicted molar refractivity (Wildman–Crippen MR) is 199 cm³/mol. The first-order chi connectivity index (χ1) is 23.4. The van der Waals surface area contributed by atoms with Gasteiger partial charge in [0.25, 0.3) is 0 Å². The van der Waals surface area contributed by atoms with Gasteiger partial charge in [-0.2, -0.15) is 0 Å². The van der Waals surface area contributed by atoms with Crippen molar-refractivity contribution in [2.24, 2.45) is 5.92 Å². The molecule has 2 aliphatic carbocycles. The number of rotatable bonds is 13. The van der Waals surface area contributed by atoms with Crippen LogP contribution in [-0.4, -0.2) is 85.1 Å². The van der Waals surface area contributed by atoms with Gasteiger partial charge in [0.1, 0.15) is 0 Å². The number of hydrogen-bond donors (Lipinski definition) is 4. The van der Waals surface area contributed by atoms with Crippen LogP contribution in [0.2, 0.25) is 0 Å². The summed E-state index contributed by atoms with van der Waals surface area (Å²) in [6.07, 6.45) is 13.2. The van der Waals surface area contributed by atoms with Crippen LogP contribution in [-0.2, 0) is 19.2 Å². The molecule has 0 aromatic carbocycles.